The lowest BCUT2D eigenvalue weighted by Crippen LogP contribution is -2.42. The lowest BCUT2D eigenvalue weighted by atomic mass is 9.95. The van der Waals surface area contributed by atoms with E-state index < -0.39 is 20.5 Å². The molecule has 1 aliphatic rings. The van der Waals surface area contributed by atoms with E-state index >= 15 is 0 Å². The standard InChI is InChI=1S/C15H16N2O6S/c18-15(11-6-7-11,14-5-2-8-23-14)10-16-24(21,22)13-4-1-3-12(9-13)17(19)20/h1-5,8-9,11,16,18H,6-7,10H2. The van der Waals surface area contributed by atoms with Crippen LogP contribution in [0.5, 0.6) is 0 Å². The molecule has 128 valence electrons. The van der Waals surface area contributed by atoms with Crippen LogP contribution in [0.25, 0.3) is 0 Å². The predicted molar refractivity (Wildman–Crippen MR) is 83.6 cm³/mol. The van der Waals surface area contributed by atoms with Gasteiger partial charge in [0.1, 0.15) is 11.4 Å². The number of hydrogen-bond acceptors (Lipinski definition) is 6. The second kappa shape index (κ2) is 6.00. The highest BCUT2D eigenvalue weighted by Crippen LogP contribution is 2.45. The maximum Gasteiger partial charge on any atom is 0.270 e. The number of benzene rings is 1. The number of furan rings is 1. The van der Waals surface area contributed by atoms with Crippen molar-refractivity contribution in [2.24, 2.45) is 5.92 Å². The van der Waals surface area contributed by atoms with Gasteiger partial charge in [-0.25, -0.2) is 13.1 Å². The number of rotatable bonds is 7. The highest BCUT2D eigenvalue weighted by atomic mass is 32.2. The molecule has 2 aromatic rings. The van der Waals surface area contributed by atoms with Gasteiger partial charge in [-0.1, -0.05) is 6.07 Å². The van der Waals surface area contributed by atoms with Gasteiger partial charge in [0.2, 0.25) is 10.0 Å². The van der Waals surface area contributed by atoms with E-state index in [2.05, 4.69) is 4.72 Å². The summed E-state index contributed by atoms with van der Waals surface area (Å²) in [5.74, 6) is 0.211. The highest BCUT2D eigenvalue weighted by Gasteiger charge is 2.47. The zero-order chi connectivity index (χ0) is 17.4. The van der Waals surface area contributed by atoms with Crippen LogP contribution in [0.2, 0.25) is 0 Å². The van der Waals surface area contributed by atoms with Gasteiger partial charge >= 0.3 is 0 Å². The number of sulfonamides is 1. The maximum absolute atomic E-state index is 12.4. The number of nitro benzene ring substituents is 1. The molecule has 1 fully saturated rings. The predicted octanol–water partition coefficient (Wildman–Crippen LogP) is 1.76. The molecule has 1 aliphatic carbocycles. The maximum atomic E-state index is 12.4. The van der Waals surface area contributed by atoms with Crippen molar-refractivity contribution >= 4 is 15.7 Å². The Labute approximate surface area is 138 Å². The summed E-state index contributed by atoms with van der Waals surface area (Å²) >= 11 is 0. The first-order chi connectivity index (χ1) is 11.3. The smallest absolute Gasteiger partial charge is 0.270 e. The molecule has 0 aliphatic heterocycles. The number of nitrogens with zero attached hydrogens (tertiary/aromatic N) is 1. The SMILES string of the molecule is O=[N+]([O-])c1cccc(S(=O)(=O)NCC(O)(c2ccco2)C2CC2)c1. The van der Waals surface area contributed by atoms with Gasteiger partial charge in [0.05, 0.1) is 16.1 Å². The van der Waals surface area contributed by atoms with Crippen LogP contribution in [0.3, 0.4) is 0 Å². The lowest BCUT2D eigenvalue weighted by Gasteiger charge is -2.26. The summed E-state index contributed by atoms with van der Waals surface area (Å²) in [6.45, 7) is -0.268. The van der Waals surface area contributed by atoms with E-state index in [1.165, 1.54) is 24.5 Å². The Balaban J connectivity index is 1.82. The molecule has 1 saturated carbocycles. The summed E-state index contributed by atoms with van der Waals surface area (Å²) in [5.41, 5.74) is -1.75. The first-order valence-electron chi connectivity index (χ1n) is 7.33. The largest absolute Gasteiger partial charge is 0.466 e. The van der Waals surface area contributed by atoms with Crippen LogP contribution in [0.1, 0.15) is 18.6 Å². The molecule has 8 nitrogen and oxygen atoms in total. The molecule has 0 spiro atoms. The van der Waals surface area contributed by atoms with Crippen molar-refractivity contribution in [1.82, 2.24) is 4.72 Å². The molecule has 0 radical (unpaired) electrons. The van der Waals surface area contributed by atoms with Crippen molar-refractivity contribution < 1.29 is 22.9 Å². The van der Waals surface area contributed by atoms with Crippen LogP contribution in [0.15, 0.2) is 52.0 Å². The average Bonchev–Trinajstić information content (AvgIpc) is 3.28. The van der Waals surface area contributed by atoms with Gasteiger partial charge in [-0.2, -0.15) is 0 Å². The molecule has 9 heteroatoms. The molecule has 2 N–H and O–H groups in total. The molecule has 1 aromatic heterocycles. The van der Waals surface area contributed by atoms with E-state index in [0.717, 1.165) is 18.9 Å². The Bertz CT molecular complexity index is 845. The molecule has 1 aromatic carbocycles. The van der Waals surface area contributed by atoms with Gasteiger partial charge < -0.3 is 9.52 Å². The van der Waals surface area contributed by atoms with Crippen LogP contribution in [0.4, 0.5) is 5.69 Å². The molecule has 0 saturated heterocycles. The van der Waals surface area contributed by atoms with E-state index in [9.17, 15) is 23.6 Å². The fourth-order valence-corrected chi connectivity index (χ4v) is 3.68. The zero-order valence-electron chi connectivity index (χ0n) is 12.6. The summed E-state index contributed by atoms with van der Waals surface area (Å²) in [6.07, 6.45) is 2.96. The summed E-state index contributed by atoms with van der Waals surface area (Å²) in [4.78, 5) is 9.90. The van der Waals surface area contributed by atoms with Crippen molar-refractivity contribution in [2.75, 3.05) is 6.54 Å². The number of nitrogens with one attached hydrogen (secondary N) is 1. The van der Waals surface area contributed by atoms with Crippen LogP contribution in [0, 0.1) is 16.0 Å². The lowest BCUT2D eigenvalue weighted by molar-refractivity contribution is -0.385. The topological polar surface area (TPSA) is 123 Å². The van der Waals surface area contributed by atoms with Gasteiger partial charge in [0, 0.05) is 18.7 Å². The molecule has 0 bridgehead atoms. The fraction of sp³-hybridized carbons (Fsp3) is 0.333. The van der Waals surface area contributed by atoms with E-state index in [-0.39, 0.29) is 23.0 Å². The number of nitro groups is 1. The van der Waals surface area contributed by atoms with Crippen LogP contribution in [-0.4, -0.2) is 25.0 Å². The zero-order valence-corrected chi connectivity index (χ0v) is 13.4. The second-order valence-corrected chi connectivity index (χ2v) is 7.52. The quantitative estimate of drug-likeness (QED) is 0.578. The molecule has 0 amide bonds. The van der Waals surface area contributed by atoms with Crippen molar-refractivity contribution in [3.63, 3.8) is 0 Å². The summed E-state index contributed by atoms with van der Waals surface area (Å²) in [5, 5.41) is 21.6. The van der Waals surface area contributed by atoms with Crippen molar-refractivity contribution in [2.45, 2.75) is 23.3 Å². The molecule has 1 heterocycles. The van der Waals surface area contributed by atoms with Crippen molar-refractivity contribution in [3.05, 3.63) is 58.5 Å². The first kappa shape index (κ1) is 16.6. The third kappa shape index (κ3) is 3.18. The molecule has 3 rings (SSSR count). The molecule has 1 atom stereocenters. The summed E-state index contributed by atoms with van der Waals surface area (Å²) in [6, 6.07) is 7.97. The Kier molecular flexibility index (Phi) is 4.16. The van der Waals surface area contributed by atoms with Crippen molar-refractivity contribution in [1.29, 1.82) is 0 Å². The summed E-state index contributed by atoms with van der Waals surface area (Å²) < 4.78 is 32.4. The van der Waals surface area contributed by atoms with Crippen LogP contribution >= 0.6 is 0 Å². The molecule has 24 heavy (non-hydrogen) atoms. The molecular formula is C15H16N2O6S. The minimum atomic E-state index is -4.00. The Morgan fingerprint density at radius 1 is 1.33 bits per heavy atom. The average molecular weight is 352 g/mol. The third-order valence-electron chi connectivity index (χ3n) is 4.07. The van der Waals surface area contributed by atoms with E-state index in [1.54, 1.807) is 12.1 Å². The number of aliphatic hydroxyl groups is 1. The Morgan fingerprint density at radius 2 is 2.08 bits per heavy atom. The monoisotopic (exact) mass is 352 g/mol. The van der Waals surface area contributed by atoms with Gasteiger partial charge in [-0.3, -0.25) is 10.1 Å². The Hall–Kier alpha value is -2.23. The van der Waals surface area contributed by atoms with Crippen LogP contribution in [-0.2, 0) is 15.6 Å². The second-order valence-electron chi connectivity index (χ2n) is 5.75. The highest BCUT2D eigenvalue weighted by molar-refractivity contribution is 7.89. The van der Waals surface area contributed by atoms with Gasteiger partial charge in [0.15, 0.2) is 0 Å². The Morgan fingerprint density at radius 3 is 2.67 bits per heavy atom. The first-order valence-corrected chi connectivity index (χ1v) is 8.82. The van der Waals surface area contributed by atoms with E-state index in [4.69, 9.17) is 4.42 Å². The van der Waals surface area contributed by atoms with Gasteiger partial charge in [0.25, 0.3) is 5.69 Å². The van der Waals surface area contributed by atoms with Crippen LogP contribution < -0.4 is 4.72 Å². The van der Waals surface area contributed by atoms with E-state index in [0.29, 0.717) is 5.76 Å². The molecule has 1 unspecified atom stereocenters. The van der Waals surface area contributed by atoms with Crippen molar-refractivity contribution in [3.8, 4) is 0 Å². The summed E-state index contributed by atoms with van der Waals surface area (Å²) in [7, 11) is -4.00. The normalized spacial score (nSPS) is 17.4. The van der Waals surface area contributed by atoms with Gasteiger partial charge in [-0.05, 0) is 37.0 Å². The molecular weight excluding hydrogens is 336 g/mol. The fourth-order valence-electron chi connectivity index (χ4n) is 2.57. The minimum absolute atomic E-state index is 0.0866. The third-order valence-corrected chi connectivity index (χ3v) is 5.47. The van der Waals surface area contributed by atoms with E-state index in [1.807, 2.05) is 0 Å². The van der Waals surface area contributed by atoms with Gasteiger partial charge in [-0.15, -0.1) is 0 Å². The number of hydrogen-bond donors (Lipinski definition) is 2. The number of non-ortho nitro benzene ring substituents is 1. The minimum Gasteiger partial charge on any atom is -0.466 e.